The number of benzene rings is 2. The maximum atomic E-state index is 13.3. The Morgan fingerprint density at radius 1 is 0.694 bits per heavy atom. The van der Waals surface area contributed by atoms with E-state index in [2.05, 4.69) is 13.8 Å². The van der Waals surface area contributed by atoms with Crippen molar-refractivity contribution in [3.8, 4) is 0 Å². The number of amidine groups is 2. The lowest BCUT2D eigenvalue weighted by molar-refractivity contribution is -0.148. The Morgan fingerprint density at radius 3 is 1.44 bits per heavy atom. The number of amides is 2. The number of hydrogen-bond donors (Lipinski definition) is 1. The van der Waals surface area contributed by atoms with E-state index in [1.807, 2.05) is 67.6 Å². The second-order valence-electron chi connectivity index (χ2n) is 17.6. The fourth-order valence-corrected chi connectivity index (χ4v) is 9.88. The van der Waals surface area contributed by atoms with E-state index in [-0.39, 0.29) is 67.4 Å². The van der Waals surface area contributed by atoms with Crippen LogP contribution in [0.1, 0.15) is 79.9 Å². The largest absolute Gasteiger partial charge is 0.443 e. The van der Waals surface area contributed by atoms with Crippen molar-refractivity contribution >= 4 is 46.0 Å². The summed E-state index contributed by atoms with van der Waals surface area (Å²) in [5, 5.41) is 10.6. The number of rotatable bonds is 12. The van der Waals surface area contributed by atoms with Crippen molar-refractivity contribution in [1.82, 2.24) is 9.80 Å². The maximum Gasteiger partial charge on any atom is 0.416 e. The van der Waals surface area contributed by atoms with Crippen molar-refractivity contribution < 1.29 is 51.9 Å². The second kappa shape index (κ2) is 22.5. The lowest BCUT2D eigenvalue weighted by Crippen LogP contribution is -2.52. The molecule has 4 heterocycles. The highest BCUT2D eigenvalue weighted by Gasteiger charge is 2.51. The van der Waals surface area contributed by atoms with Gasteiger partial charge in [0.05, 0.1) is 57.3 Å². The molecule has 1 N–H and O–H groups in total. The predicted octanol–water partition coefficient (Wildman–Crippen LogP) is 8.62. The number of aliphatic hydroxyl groups is 1. The molecule has 4 aliphatic rings. The Hall–Kier alpha value is -3.32. The third kappa shape index (κ3) is 13.4. The molecule has 17 heteroatoms. The number of fused-ring (bicyclic) bond motifs is 2. The smallest absolute Gasteiger partial charge is 0.416 e. The Morgan fingerprint density at radius 2 is 1.08 bits per heavy atom. The molecule has 0 spiro atoms. The van der Waals surface area contributed by atoms with Crippen molar-refractivity contribution in [2.75, 3.05) is 33.0 Å². The summed E-state index contributed by atoms with van der Waals surface area (Å²) in [6.07, 6.45) is -1.28. The average Bonchev–Trinajstić information content (AvgIpc) is 3.84. The fourth-order valence-electron chi connectivity index (χ4n) is 7.41. The van der Waals surface area contributed by atoms with Gasteiger partial charge in [0, 0.05) is 11.8 Å². The van der Waals surface area contributed by atoms with Crippen molar-refractivity contribution in [2.45, 2.75) is 141 Å². The minimum atomic E-state index is -0.724. The highest BCUT2D eigenvalue weighted by atomic mass is 32.2. The molecule has 0 aliphatic carbocycles. The van der Waals surface area contributed by atoms with Crippen LogP contribution in [0.5, 0.6) is 0 Å². The number of halogens is 2. The molecule has 2 amide bonds. The third-order valence-electron chi connectivity index (χ3n) is 10.5. The van der Waals surface area contributed by atoms with Crippen molar-refractivity contribution in [3.05, 3.63) is 71.8 Å². The van der Waals surface area contributed by atoms with E-state index < -0.39 is 48.3 Å². The van der Waals surface area contributed by atoms with Gasteiger partial charge in [0.2, 0.25) is 0 Å². The Balaban J connectivity index is 0.000000234. The zero-order valence-corrected chi connectivity index (χ0v) is 38.9. The van der Waals surface area contributed by atoms with Crippen LogP contribution in [0.2, 0.25) is 0 Å². The van der Waals surface area contributed by atoms with Crippen LogP contribution in [0, 0.1) is 11.8 Å². The van der Waals surface area contributed by atoms with Gasteiger partial charge in [-0.3, -0.25) is 19.8 Å². The Labute approximate surface area is 373 Å². The van der Waals surface area contributed by atoms with Gasteiger partial charge in [0.15, 0.2) is 10.3 Å². The summed E-state index contributed by atoms with van der Waals surface area (Å²) in [7, 11) is 0. The van der Waals surface area contributed by atoms with Crippen LogP contribution in [0.3, 0.4) is 0 Å². The second-order valence-corrected chi connectivity index (χ2v) is 19.7. The number of aliphatic hydroxyl groups excluding tert-OH is 1. The van der Waals surface area contributed by atoms with Gasteiger partial charge >= 0.3 is 12.2 Å². The van der Waals surface area contributed by atoms with Gasteiger partial charge in [-0.1, -0.05) is 105 Å². The molecular weight excluding hydrogens is 843 g/mol. The summed E-state index contributed by atoms with van der Waals surface area (Å²) in [5.41, 5.74) is 0.0166. The minimum absolute atomic E-state index is 0.0280. The number of hydrogen-bond acceptors (Lipinski definition) is 13. The van der Waals surface area contributed by atoms with E-state index in [4.69, 9.17) is 38.4 Å². The Kier molecular flexibility index (Phi) is 18.1. The molecule has 62 heavy (non-hydrogen) atoms. The predicted molar refractivity (Wildman–Crippen MR) is 239 cm³/mol. The number of thioether (sulfide) groups is 2. The molecule has 2 saturated heterocycles. The number of nitrogens with zero attached hydrogens (tertiary/aromatic N) is 4. The zero-order valence-electron chi connectivity index (χ0n) is 37.3. The van der Waals surface area contributed by atoms with Gasteiger partial charge in [-0.15, -0.1) is 0 Å². The highest BCUT2D eigenvalue weighted by Crippen LogP contribution is 2.43. The number of carbonyl (C=O) groups excluding carboxylic acids is 2. The van der Waals surface area contributed by atoms with Crippen LogP contribution in [0.4, 0.5) is 18.4 Å². The van der Waals surface area contributed by atoms with Gasteiger partial charge in [0.1, 0.15) is 47.5 Å². The maximum absolute atomic E-state index is 13.3. The minimum Gasteiger partial charge on any atom is -0.443 e. The SMILES string of the molecule is CC[C@H]1O[C@@H]2SC(N(CCF)C(=O)OC(C)(C)C)=N[C@@H]2[C@@H](OCc2ccccc2)[C@@H]1C.C[C@H]1[C@H](OCc2ccccc2)[C@H]2N=C(N(CCF)C(=O)OC(C)(C)C)S[C@H]2O[C@@H]1CO. The van der Waals surface area contributed by atoms with Crippen LogP contribution >= 0.6 is 23.5 Å². The van der Waals surface area contributed by atoms with E-state index >= 15 is 0 Å². The fraction of sp³-hybridized carbons (Fsp3) is 0.644. The van der Waals surface area contributed by atoms with Crippen LogP contribution in [-0.4, -0.2) is 129 Å². The summed E-state index contributed by atoms with van der Waals surface area (Å²) in [5.74, 6) is 0.0182. The third-order valence-corrected chi connectivity index (χ3v) is 12.8. The number of ether oxygens (including phenoxy) is 6. The van der Waals surface area contributed by atoms with Crippen LogP contribution in [0.15, 0.2) is 70.6 Å². The molecule has 2 fully saturated rings. The van der Waals surface area contributed by atoms with Gasteiger partial charge in [0.25, 0.3) is 0 Å². The molecule has 0 unspecified atom stereocenters. The standard InChI is InChI=1S/C23H33FN2O4S.C22H31FN2O5S/c1-6-17-15(2)19(28-14-16-10-8-7-9-11-16)18-20(29-17)31-21(25-18)26(13-12-24)22(27)30-23(3,4)5;1-14-16(12-26)29-19-17(18(14)28-13-15-8-6-5-7-9-15)24-20(31-19)25(11-10-23)21(27)30-22(2,3)4/h7-11,15,17-20H,6,12-14H2,1-5H3;5-9,14,16-19,26H,10-13H2,1-4H3/t15-,17-,18-,19+,20-;14-,16-,17-,18+,19-/m11/s1. The molecule has 6 rings (SSSR count). The monoisotopic (exact) mass is 906 g/mol. The molecule has 13 nitrogen and oxygen atoms in total. The molecule has 0 saturated carbocycles. The molecule has 10 atom stereocenters. The van der Waals surface area contributed by atoms with Crippen LogP contribution in [0.25, 0.3) is 0 Å². The Bertz CT molecular complexity index is 1670. The number of aliphatic imine (C=N–C) groups is 2. The molecule has 2 aromatic carbocycles. The van der Waals surface area contributed by atoms with Crippen molar-refractivity contribution in [1.29, 1.82) is 0 Å². The lowest BCUT2D eigenvalue weighted by Gasteiger charge is -2.41. The highest BCUT2D eigenvalue weighted by molar-refractivity contribution is 8.14. The van der Waals surface area contributed by atoms with E-state index in [9.17, 15) is 23.5 Å². The molecule has 0 bridgehead atoms. The summed E-state index contributed by atoms with van der Waals surface area (Å²) in [6, 6.07) is 19.2. The van der Waals surface area contributed by atoms with E-state index in [0.29, 0.717) is 23.5 Å². The van der Waals surface area contributed by atoms with E-state index in [1.54, 1.807) is 41.5 Å². The summed E-state index contributed by atoms with van der Waals surface area (Å²) >= 11 is 2.59. The topological polar surface area (TPSA) is 141 Å². The van der Waals surface area contributed by atoms with Crippen molar-refractivity contribution in [2.24, 2.45) is 21.8 Å². The first-order valence-corrected chi connectivity index (χ1v) is 23.1. The summed E-state index contributed by atoms with van der Waals surface area (Å²) in [4.78, 5) is 37.3. The quantitative estimate of drug-likeness (QED) is 0.219. The summed E-state index contributed by atoms with van der Waals surface area (Å²) in [6.45, 7) is 15.8. The molecule has 4 aliphatic heterocycles. The molecule has 0 radical (unpaired) electrons. The first-order chi connectivity index (χ1) is 29.5. The van der Waals surface area contributed by atoms with E-state index in [1.165, 1.54) is 33.3 Å². The van der Waals surface area contributed by atoms with Gasteiger partial charge < -0.3 is 33.5 Å². The molecule has 2 aromatic rings. The molecule has 344 valence electrons. The van der Waals surface area contributed by atoms with Crippen LogP contribution in [-0.2, 0) is 41.6 Å². The van der Waals surface area contributed by atoms with E-state index in [0.717, 1.165) is 17.5 Å². The molecular formula is C45H64F2N4O9S2. The van der Waals surface area contributed by atoms with Gasteiger partial charge in [-0.25, -0.2) is 18.4 Å². The summed E-state index contributed by atoms with van der Waals surface area (Å²) < 4.78 is 62.3. The normalized spacial score (nSPS) is 28.1. The molecule has 0 aromatic heterocycles. The number of carbonyl (C=O) groups is 2. The van der Waals surface area contributed by atoms with Gasteiger partial charge in [-0.05, 0) is 59.1 Å². The average molecular weight is 907 g/mol. The number of alkyl halides is 2. The van der Waals surface area contributed by atoms with Crippen molar-refractivity contribution in [3.63, 3.8) is 0 Å². The van der Waals surface area contributed by atoms with Gasteiger partial charge in [-0.2, -0.15) is 0 Å². The zero-order chi connectivity index (χ0) is 45.2. The van der Waals surface area contributed by atoms with Crippen LogP contribution < -0.4 is 0 Å². The first-order valence-electron chi connectivity index (χ1n) is 21.3. The first kappa shape index (κ1) is 49.7. The lowest BCUT2D eigenvalue weighted by atomic mass is 9.88.